The zero-order valence-electron chi connectivity index (χ0n) is 7.68. The molecule has 0 saturated heterocycles. The molecule has 3 heteroatoms. The van der Waals surface area contributed by atoms with Crippen LogP contribution in [0.4, 0.5) is 0 Å². The molecule has 70 valence electrons. The van der Waals surface area contributed by atoms with E-state index in [2.05, 4.69) is 5.32 Å². The molecule has 0 aromatic carbocycles. The SMILES string of the molecule is CNC(=O)C(N)C1CCCCC1. The van der Waals surface area contributed by atoms with Crippen molar-refractivity contribution in [3.63, 3.8) is 0 Å². The Hall–Kier alpha value is -0.570. The minimum Gasteiger partial charge on any atom is -0.358 e. The molecule has 0 spiro atoms. The average molecular weight is 170 g/mol. The van der Waals surface area contributed by atoms with Gasteiger partial charge in [-0.3, -0.25) is 4.79 Å². The molecule has 3 N–H and O–H groups in total. The number of carbonyl (C=O) groups is 1. The van der Waals surface area contributed by atoms with Crippen LogP contribution in [-0.2, 0) is 4.79 Å². The Labute approximate surface area is 73.7 Å². The van der Waals surface area contributed by atoms with Gasteiger partial charge in [0.15, 0.2) is 0 Å². The van der Waals surface area contributed by atoms with Crippen LogP contribution in [0.2, 0.25) is 0 Å². The molecule has 0 radical (unpaired) electrons. The standard InChI is InChI=1S/C9H18N2O/c1-11-9(12)8(10)7-5-3-2-4-6-7/h7-8H,2-6,10H2,1H3,(H,11,12). The highest BCUT2D eigenvalue weighted by Crippen LogP contribution is 2.25. The smallest absolute Gasteiger partial charge is 0.236 e. The van der Waals surface area contributed by atoms with E-state index in [1.54, 1.807) is 7.05 Å². The molecule has 1 amide bonds. The van der Waals surface area contributed by atoms with E-state index < -0.39 is 0 Å². The Morgan fingerprint density at radius 1 is 1.42 bits per heavy atom. The van der Waals surface area contributed by atoms with E-state index >= 15 is 0 Å². The van der Waals surface area contributed by atoms with Gasteiger partial charge in [0.1, 0.15) is 0 Å². The van der Waals surface area contributed by atoms with Crippen molar-refractivity contribution in [1.82, 2.24) is 5.32 Å². The highest BCUT2D eigenvalue weighted by molar-refractivity contribution is 5.81. The molecule has 0 bridgehead atoms. The Kier molecular flexibility index (Phi) is 3.53. The highest BCUT2D eigenvalue weighted by Gasteiger charge is 2.24. The summed E-state index contributed by atoms with van der Waals surface area (Å²) in [5.41, 5.74) is 5.79. The molecule has 0 aliphatic heterocycles. The summed E-state index contributed by atoms with van der Waals surface area (Å²) in [6.45, 7) is 0. The van der Waals surface area contributed by atoms with Crippen LogP contribution in [0.15, 0.2) is 0 Å². The van der Waals surface area contributed by atoms with Crippen LogP contribution in [0.3, 0.4) is 0 Å². The number of likely N-dealkylation sites (N-methyl/N-ethyl adjacent to an activating group) is 1. The first-order valence-corrected chi connectivity index (χ1v) is 4.73. The summed E-state index contributed by atoms with van der Waals surface area (Å²) in [6, 6.07) is -0.282. The van der Waals surface area contributed by atoms with E-state index in [-0.39, 0.29) is 11.9 Å². The number of amides is 1. The zero-order valence-corrected chi connectivity index (χ0v) is 7.68. The Morgan fingerprint density at radius 3 is 2.50 bits per heavy atom. The fraction of sp³-hybridized carbons (Fsp3) is 0.889. The molecule has 1 fully saturated rings. The molecular formula is C9H18N2O. The molecule has 1 rings (SSSR count). The van der Waals surface area contributed by atoms with Crippen molar-refractivity contribution in [2.45, 2.75) is 38.1 Å². The van der Waals surface area contributed by atoms with Crippen LogP contribution in [0, 0.1) is 5.92 Å². The van der Waals surface area contributed by atoms with E-state index in [4.69, 9.17) is 5.73 Å². The predicted octanol–water partition coefficient (Wildman–Crippen LogP) is 0.640. The fourth-order valence-electron chi connectivity index (χ4n) is 1.87. The Morgan fingerprint density at radius 2 is 2.00 bits per heavy atom. The van der Waals surface area contributed by atoms with Crippen molar-refractivity contribution >= 4 is 5.91 Å². The van der Waals surface area contributed by atoms with Gasteiger partial charge >= 0.3 is 0 Å². The Bertz CT molecular complexity index is 153. The molecule has 1 atom stereocenters. The maximum Gasteiger partial charge on any atom is 0.236 e. The van der Waals surface area contributed by atoms with Crippen LogP contribution in [0.25, 0.3) is 0 Å². The lowest BCUT2D eigenvalue weighted by molar-refractivity contribution is -0.123. The Balaban J connectivity index is 2.39. The largest absolute Gasteiger partial charge is 0.358 e. The molecule has 1 aliphatic rings. The molecule has 1 saturated carbocycles. The van der Waals surface area contributed by atoms with Crippen LogP contribution >= 0.6 is 0 Å². The quantitative estimate of drug-likeness (QED) is 0.639. The van der Waals surface area contributed by atoms with Gasteiger partial charge in [0.25, 0.3) is 0 Å². The lowest BCUT2D eigenvalue weighted by Gasteiger charge is -2.25. The van der Waals surface area contributed by atoms with Gasteiger partial charge < -0.3 is 11.1 Å². The molecular weight excluding hydrogens is 152 g/mol. The molecule has 0 heterocycles. The number of hydrogen-bond acceptors (Lipinski definition) is 2. The molecule has 3 nitrogen and oxygen atoms in total. The maximum atomic E-state index is 11.2. The third kappa shape index (κ3) is 2.21. The predicted molar refractivity (Wildman–Crippen MR) is 48.6 cm³/mol. The fourth-order valence-corrected chi connectivity index (χ4v) is 1.87. The summed E-state index contributed by atoms with van der Waals surface area (Å²) < 4.78 is 0. The average Bonchev–Trinajstić information content (AvgIpc) is 2.17. The van der Waals surface area contributed by atoms with Crippen molar-refractivity contribution < 1.29 is 4.79 Å². The van der Waals surface area contributed by atoms with Gasteiger partial charge in [0.2, 0.25) is 5.91 Å². The zero-order chi connectivity index (χ0) is 8.97. The third-order valence-electron chi connectivity index (χ3n) is 2.71. The van der Waals surface area contributed by atoms with Crippen molar-refractivity contribution in [3.05, 3.63) is 0 Å². The third-order valence-corrected chi connectivity index (χ3v) is 2.71. The highest BCUT2D eigenvalue weighted by atomic mass is 16.2. The second-order valence-corrected chi connectivity index (χ2v) is 3.54. The number of nitrogens with two attached hydrogens (primary N) is 1. The minimum atomic E-state index is -0.282. The summed E-state index contributed by atoms with van der Waals surface area (Å²) in [4.78, 5) is 11.2. The molecule has 1 unspecified atom stereocenters. The van der Waals surface area contributed by atoms with Crippen molar-refractivity contribution in [2.24, 2.45) is 11.7 Å². The lowest BCUT2D eigenvalue weighted by Crippen LogP contribution is -2.44. The molecule has 12 heavy (non-hydrogen) atoms. The first-order valence-electron chi connectivity index (χ1n) is 4.73. The van der Waals surface area contributed by atoms with E-state index in [0.29, 0.717) is 5.92 Å². The van der Waals surface area contributed by atoms with Gasteiger partial charge in [-0.05, 0) is 18.8 Å². The summed E-state index contributed by atoms with van der Waals surface area (Å²) in [6.07, 6.45) is 6.00. The van der Waals surface area contributed by atoms with Gasteiger partial charge in [0, 0.05) is 7.05 Å². The number of carbonyl (C=O) groups excluding carboxylic acids is 1. The first kappa shape index (κ1) is 9.52. The number of nitrogens with one attached hydrogen (secondary N) is 1. The topological polar surface area (TPSA) is 55.1 Å². The van der Waals surface area contributed by atoms with Crippen LogP contribution in [-0.4, -0.2) is 19.0 Å². The maximum absolute atomic E-state index is 11.2. The van der Waals surface area contributed by atoms with Crippen molar-refractivity contribution in [3.8, 4) is 0 Å². The van der Waals surface area contributed by atoms with E-state index in [1.807, 2.05) is 0 Å². The van der Waals surface area contributed by atoms with Gasteiger partial charge in [-0.1, -0.05) is 19.3 Å². The summed E-state index contributed by atoms with van der Waals surface area (Å²) in [7, 11) is 1.64. The van der Waals surface area contributed by atoms with Gasteiger partial charge in [-0.15, -0.1) is 0 Å². The van der Waals surface area contributed by atoms with Crippen LogP contribution in [0.1, 0.15) is 32.1 Å². The minimum absolute atomic E-state index is 0.0121. The van der Waals surface area contributed by atoms with Crippen LogP contribution < -0.4 is 11.1 Å². The molecule has 0 aromatic heterocycles. The summed E-state index contributed by atoms with van der Waals surface area (Å²) in [5, 5.41) is 2.60. The normalized spacial score (nSPS) is 21.8. The number of rotatable bonds is 2. The first-order chi connectivity index (χ1) is 5.75. The number of hydrogen-bond donors (Lipinski definition) is 2. The monoisotopic (exact) mass is 170 g/mol. The van der Waals surface area contributed by atoms with Gasteiger partial charge in [0.05, 0.1) is 6.04 Å². The molecule has 1 aliphatic carbocycles. The summed E-state index contributed by atoms with van der Waals surface area (Å²) in [5.74, 6) is 0.403. The second kappa shape index (κ2) is 4.45. The van der Waals surface area contributed by atoms with Gasteiger partial charge in [-0.2, -0.15) is 0 Å². The van der Waals surface area contributed by atoms with E-state index in [1.165, 1.54) is 19.3 Å². The summed E-state index contributed by atoms with van der Waals surface area (Å²) >= 11 is 0. The van der Waals surface area contributed by atoms with Crippen molar-refractivity contribution in [2.75, 3.05) is 7.05 Å². The van der Waals surface area contributed by atoms with E-state index in [0.717, 1.165) is 12.8 Å². The van der Waals surface area contributed by atoms with E-state index in [9.17, 15) is 4.79 Å². The lowest BCUT2D eigenvalue weighted by atomic mass is 9.84. The second-order valence-electron chi connectivity index (χ2n) is 3.54. The molecule has 0 aromatic rings. The van der Waals surface area contributed by atoms with Gasteiger partial charge in [-0.25, -0.2) is 0 Å². The van der Waals surface area contributed by atoms with Crippen molar-refractivity contribution in [1.29, 1.82) is 0 Å². The van der Waals surface area contributed by atoms with Crippen LogP contribution in [0.5, 0.6) is 0 Å².